The lowest BCUT2D eigenvalue weighted by Crippen LogP contribution is -2.27. The molecule has 0 aliphatic heterocycles. The lowest BCUT2D eigenvalue weighted by atomic mass is 9.71. The van der Waals surface area contributed by atoms with Crippen molar-refractivity contribution in [1.82, 2.24) is 0 Å². The van der Waals surface area contributed by atoms with E-state index in [1.54, 1.807) is 12.1 Å². The number of hydrogen-bond donors (Lipinski definition) is 1. The number of aliphatic hydroxyl groups excluding tert-OH is 1. The van der Waals surface area contributed by atoms with Crippen molar-refractivity contribution in [2.45, 2.75) is 51.1 Å². The second-order valence-corrected chi connectivity index (χ2v) is 5.71. The molecule has 112 valence electrons. The molecule has 1 aliphatic carbocycles. The Balaban J connectivity index is 2.67. The van der Waals surface area contributed by atoms with Crippen LogP contribution in [0.2, 0.25) is 0 Å². The minimum Gasteiger partial charge on any atom is -0.396 e. The molecule has 20 heavy (non-hydrogen) atoms. The maximum Gasteiger partial charge on any atom is 0.389 e. The van der Waals surface area contributed by atoms with Crippen LogP contribution in [0.5, 0.6) is 0 Å². The molecule has 1 N–H and O–H groups in total. The van der Waals surface area contributed by atoms with Crippen molar-refractivity contribution < 1.29 is 18.3 Å². The first-order valence-corrected chi connectivity index (χ1v) is 6.84. The molecule has 1 rings (SSSR count). The summed E-state index contributed by atoms with van der Waals surface area (Å²) in [6.07, 6.45) is -2.45. The number of rotatable bonds is 5. The number of nitrogens with zero attached hydrogens (tertiary/aromatic N) is 2. The van der Waals surface area contributed by atoms with Gasteiger partial charge in [-0.15, -0.1) is 0 Å². The summed E-state index contributed by atoms with van der Waals surface area (Å²) >= 11 is 0. The van der Waals surface area contributed by atoms with Crippen molar-refractivity contribution in [2.24, 2.45) is 17.3 Å². The van der Waals surface area contributed by atoms with Gasteiger partial charge in [0.1, 0.15) is 5.41 Å². The predicted molar refractivity (Wildman–Crippen MR) is 66.1 cm³/mol. The van der Waals surface area contributed by atoms with Crippen LogP contribution in [0.15, 0.2) is 0 Å². The zero-order chi connectivity index (χ0) is 15.2. The minimum atomic E-state index is -4.35. The summed E-state index contributed by atoms with van der Waals surface area (Å²) in [5.74, 6) is 0.194. The van der Waals surface area contributed by atoms with E-state index in [0.717, 1.165) is 19.3 Å². The number of nitriles is 2. The molecular formula is C14H19F3N2O. The highest BCUT2D eigenvalue weighted by Crippen LogP contribution is 2.40. The molecule has 0 amide bonds. The van der Waals surface area contributed by atoms with Crippen molar-refractivity contribution in [3.05, 3.63) is 0 Å². The van der Waals surface area contributed by atoms with Crippen LogP contribution in [0, 0.1) is 39.9 Å². The zero-order valence-corrected chi connectivity index (χ0v) is 11.3. The van der Waals surface area contributed by atoms with E-state index in [1.807, 2.05) is 0 Å². The van der Waals surface area contributed by atoms with Crippen LogP contribution in [-0.2, 0) is 0 Å². The van der Waals surface area contributed by atoms with Crippen LogP contribution in [0.1, 0.15) is 44.9 Å². The zero-order valence-electron chi connectivity index (χ0n) is 11.3. The molecule has 0 aromatic rings. The number of hydrogen-bond acceptors (Lipinski definition) is 3. The summed E-state index contributed by atoms with van der Waals surface area (Å²) in [5.41, 5.74) is -1.56. The summed E-state index contributed by atoms with van der Waals surface area (Å²) in [5, 5.41) is 27.4. The van der Waals surface area contributed by atoms with Gasteiger partial charge in [-0.05, 0) is 37.5 Å². The van der Waals surface area contributed by atoms with Gasteiger partial charge in [0.25, 0.3) is 0 Å². The van der Waals surface area contributed by atoms with E-state index in [1.165, 1.54) is 0 Å². The second-order valence-electron chi connectivity index (χ2n) is 5.71. The van der Waals surface area contributed by atoms with Crippen molar-refractivity contribution in [3.63, 3.8) is 0 Å². The predicted octanol–water partition coefficient (Wildman–Crippen LogP) is 3.55. The van der Waals surface area contributed by atoms with Crippen LogP contribution in [0.3, 0.4) is 0 Å². The normalized spacial score (nSPS) is 23.9. The van der Waals surface area contributed by atoms with Crippen molar-refractivity contribution >= 4 is 0 Å². The molecule has 1 fully saturated rings. The number of halogens is 3. The van der Waals surface area contributed by atoms with Crippen LogP contribution in [0.25, 0.3) is 0 Å². The maximum absolute atomic E-state index is 12.3. The van der Waals surface area contributed by atoms with Crippen LogP contribution in [0.4, 0.5) is 13.2 Å². The Bertz CT molecular complexity index is 381. The third-order valence-corrected chi connectivity index (χ3v) is 4.05. The standard InChI is InChI=1S/C14H19F3N2O/c15-14(16,17)5-4-13(9-18,10-19)7-11-2-1-3-12(6-11)8-20/h11-12,20H,1-8H2. The Morgan fingerprint density at radius 2 is 1.65 bits per heavy atom. The Hall–Kier alpha value is -1.27. The molecule has 0 heterocycles. The third-order valence-electron chi connectivity index (χ3n) is 4.05. The molecule has 0 saturated heterocycles. The average Bonchev–Trinajstić information content (AvgIpc) is 2.43. The van der Waals surface area contributed by atoms with Gasteiger partial charge in [0.05, 0.1) is 12.1 Å². The Kier molecular flexibility index (Phi) is 5.83. The third kappa shape index (κ3) is 5.02. The molecule has 1 aliphatic rings. The molecule has 3 nitrogen and oxygen atoms in total. The topological polar surface area (TPSA) is 67.8 Å². The molecule has 0 aromatic heterocycles. The molecule has 0 radical (unpaired) electrons. The SMILES string of the molecule is N#CC(C#N)(CCC(F)(F)F)CC1CCCC(CO)C1. The van der Waals surface area contributed by atoms with E-state index >= 15 is 0 Å². The van der Waals surface area contributed by atoms with Crippen molar-refractivity contribution in [3.8, 4) is 12.1 Å². The summed E-state index contributed by atoms with van der Waals surface area (Å²) in [6.45, 7) is 0.0607. The monoisotopic (exact) mass is 288 g/mol. The first kappa shape index (κ1) is 16.8. The van der Waals surface area contributed by atoms with Crippen molar-refractivity contribution in [1.29, 1.82) is 10.5 Å². The van der Waals surface area contributed by atoms with Crippen LogP contribution in [-0.4, -0.2) is 17.9 Å². The van der Waals surface area contributed by atoms with Crippen molar-refractivity contribution in [2.75, 3.05) is 6.61 Å². The molecule has 0 spiro atoms. The highest BCUT2D eigenvalue weighted by atomic mass is 19.4. The minimum absolute atomic E-state index is 0.0495. The Morgan fingerprint density at radius 1 is 1.05 bits per heavy atom. The second kappa shape index (κ2) is 6.95. The van der Waals surface area contributed by atoms with Gasteiger partial charge in [-0.1, -0.05) is 12.8 Å². The first-order chi connectivity index (χ1) is 9.34. The van der Waals surface area contributed by atoms with E-state index in [-0.39, 0.29) is 24.9 Å². The van der Waals surface area contributed by atoms with Crippen LogP contribution >= 0.6 is 0 Å². The summed E-state index contributed by atoms with van der Waals surface area (Å²) < 4.78 is 36.9. The fraction of sp³-hybridized carbons (Fsp3) is 0.857. The van der Waals surface area contributed by atoms with E-state index in [4.69, 9.17) is 15.6 Å². The summed E-state index contributed by atoms with van der Waals surface area (Å²) in [7, 11) is 0. The average molecular weight is 288 g/mol. The van der Waals surface area contributed by atoms with Gasteiger partial charge in [-0.2, -0.15) is 23.7 Å². The number of aliphatic hydroxyl groups is 1. The maximum atomic E-state index is 12.3. The van der Waals surface area contributed by atoms with E-state index in [9.17, 15) is 13.2 Å². The van der Waals surface area contributed by atoms with Gasteiger partial charge in [0.15, 0.2) is 0 Å². The van der Waals surface area contributed by atoms with Gasteiger partial charge in [-0.25, -0.2) is 0 Å². The fourth-order valence-electron chi connectivity index (χ4n) is 2.93. The van der Waals surface area contributed by atoms with Gasteiger partial charge in [-0.3, -0.25) is 0 Å². The number of alkyl halides is 3. The molecular weight excluding hydrogens is 269 g/mol. The molecule has 2 unspecified atom stereocenters. The van der Waals surface area contributed by atoms with E-state index in [0.29, 0.717) is 6.42 Å². The smallest absolute Gasteiger partial charge is 0.389 e. The molecule has 0 aromatic carbocycles. The van der Waals surface area contributed by atoms with E-state index < -0.39 is 24.4 Å². The lowest BCUT2D eigenvalue weighted by Gasteiger charge is -2.31. The molecule has 1 saturated carbocycles. The summed E-state index contributed by atoms with van der Waals surface area (Å²) in [4.78, 5) is 0. The van der Waals surface area contributed by atoms with Crippen LogP contribution < -0.4 is 0 Å². The quantitative estimate of drug-likeness (QED) is 0.841. The Labute approximate surface area is 117 Å². The Morgan fingerprint density at radius 3 is 2.15 bits per heavy atom. The molecule has 0 bridgehead atoms. The van der Waals surface area contributed by atoms with E-state index in [2.05, 4.69) is 0 Å². The lowest BCUT2D eigenvalue weighted by molar-refractivity contribution is -0.138. The highest BCUT2D eigenvalue weighted by molar-refractivity contribution is 5.14. The van der Waals surface area contributed by atoms with Gasteiger partial charge in [0.2, 0.25) is 0 Å². The van der Waals surface area contributed by atoms with Gasteiger partial charge < -0.3 is 5.11 Å². The fourth-order valence-corrected chi connectivity index (χ4v) is 2.93. The van der Waals surface area contributed by atoms with Gasteiger partial charge >= 0.3 is 6.18 Å². The molecule has 2 atom stereocenters. The summed E-state index contributed by atoms with van der Waals surface area (Å²) in [6, 6.07) is 3.59. The highest BCUT2D eigenvalue weighted by Gasteiger charge is 2.39. The largest absolute Gasteiger partial charge is 0.396 e. The first-order valence-electron chi connectivity index (χ1n) is 6.84. The van der Waals surface area contributed by atoms with Gasteiger partial charge in [0, 0.05) is 13.0 Å². The molecule has 6 heteroatoms.